The maximum Gasteiger partial charge on any atom is 0.231 e. The topological polar surface area (TPSA) is 31.4 Å². The number of aryl methyl sites for hydroxylation is 1. The van der Waals surface area contributed by atoms with Crippen molar-refractivity contribution in [2.45, 2.75) is 30.4 Å². The first-order valence-corrected chi connectivity index (χ1v) is 10.2. The fourth-order valence-corrected chi connectivity index (χ4v) is 4.77. The second-order valence-electron chi connectivity index (χ2n) is 5.85. The van der Waals surface area contributed by atoms with Gasteiger partial charge in [-0.3, -0.25) is 0 Å². The van der Waals surface area contributed by atoms with Gasteiger partial charge in [-0.15, -0.1) is 23.1 Å². The number of ether oxygens (including phenoxy) is 2. The molecule has 0 atom stereocenters. The maximum absolute atomic E-state index is 5.45. The number of benzene rings is 2. The van der Waals surface area contributed by atoms with Crippen LogP contribution in [-0.4, -0.2) is 11.8 Å². The lowest BCUT2D eigenvalue weighted by Gasteiger charge is -2.05. The maximum atomic E-state index is 5.45. The van der Waals surface area contributed by atoms with Crippen LogP contribution in [-0.2, 0) is 18.6 Å². The molecule has 2 aromatic carbocycles. The molecule has 25 heavy (non-hydrogen) atoms. The van der Waals surface area contributed by atoms with Crippen molar-refractivity contribution in [1.29, 1.82) is 0 Å². The van der Waals surface area contributed by atoms with E-state index in [0.29, 0.717) is 6.79 Å². The highest BCUT2D eigenvalue weighted by Gasteiger charge is 2.14. The zero-order valence-electron chi connectivity index (χ0n) is 14.0. The lowest BCUT2D eigenvalue weighted by Crippen LogP contribution is -1.93. The normalized spacial score (nSPS) is 12.5. The van der Waals surface area contributed by atoms with Gasteiger partial charge < -0.3 is 9.47 Å². The van der Waals surface area contributed by atoms with Gasteiger partial charge in [0.1, 0.15) is 0 Å². The third kappa shape index (κ3) is 3.83. The Morgan fingerprint density at radius 1 is 1.12 bits per heavy atom. The molecule has 0 radical (unpaired) electrons. The SMILES string of the molecule is CCc1ccccc1SCc1csc(Cc2ccc3c(c2)OCO3)n1. The molecule has 5 heteroatoms. The van der Waals surface area contributed by atoms with Crippen LogP contribution in [0.25, 0.3) is 0 Å². The van der Waals surface area contributed by atoms with Gasteiger partial charge in [-0.2, -0.15) is 0 Å². The average molecular weight is 370 g/mol. The van der Waals surface area contributed by atoms with E-state index in [4.69, 9.17) is 14.5 Å². The first kappa shape index (κ1) is 16.5. The summed E-state index contributed by atoms with van der Waals surface area (Å²) in [5.41, 5.74) is 3.76. The molecule has 0 aliphatic carbocycles. The number of thioether (sulfide) groups is 1. The number of hydrogen-bond acceptors (Lipinski definition) is 5. The van der Waals surface area contributed by atoms with Crippen LogP contribution >= 0.6 is 23.1 Å². The van der Waals surface area contributed by atoms with Crippen LogP contribution in [0, 0.1) is 0 Å². The van der Waals surface area contributed by atoms with Crippen molar-refractivity contribution < 1.29 is 9.47 Å². The van der Waals surface area contributed by atoms with Crippen LogP contribution < -0.4 is 9.47 Å². The first-order valence-electron chi connectivity index (χ1n) is 8.34. The molecule has 0 saturated heterocycles. The minimum absolute atomic E-state index is 0.316. The summed E-state index contributed by atoms with van der Waals surface area (Å²) in [5, 5.41) is 3.31. The van der Waals surface area contributed by atoms with Crippen LogP contribution in [0.1, 0.15) is 28.8 Å². The Hall–Kier alpha value is -1.98. The van der Waals surface area contributed by atoms with E-state index in [1.165, 1.54) is 16.0 Å². The third-order valence-electron chi connectivity index (χ3n) is 4.12. The van der Waals surface area contributed by atoms with E-state index >= 15 is 0 Å². The second kappa shape index (κ2) is 7.50. The molecule has 2 heterocycles. The molecule has 0 saturated carbocycles. The highest BCUT2D eigenvalue weighted by Crippen LogP contribution is 2.33. The number of thiazole rings is 1. The van der Waals surface area contributed by atoms with E-state index in [1.807, 2.05) is 17.8 Å². The van der Waals surface area contributed by atoms with Crippen molar-refractivity contribution in [3.05, 3.63) is 69.7 Å². The van der Waals surface area contributed by atoms with E-state index in [-0.39, 0.29) is 0 Å². The molecule has 3 nitrogen and oxygen atoms in total. The van der Waals surface area contributed by atoms with E-state index in [0.717, 1.165) is 40.8 Å². The van der Waals surface area contributed by atoms with Gasteiger partial charge >= 0.3 is 0 Å². The molecule has 0 fully saturated rings. The van der Waals surface area contributed by atoms with Crippen molar-refractivity contribution >= 4 is 23.1 Å². The van der Waals surface area contributed by atoms with Crippen LogP contribution in [0.15, 0.2) is 52.7 Å². The molecule has 0 amide bonds. The monoisotopic (exact) mass is 369 g/mol. The smallest absolute Gasteiger partial charge is 0.231 e. The van der Waals surface area contributed by atoms with Crippen molar-refractivity contribution in [3.8, 4) is 11.5 Å². The number of aromatic nitrogens is 1. The van der Waals surface area contributed by atoms with Gasteiger partial charge in [-0.05, 0) is 35.7 Å². The summed E-state index contributed by atoms with van der Waals surface area (Å²) in [6.45, 7) is 2.52. The minimum Gasteiger partial charge on any atom is -0.454 e. The lowest BCUT2D eigenvalue weighted by molar-refractivity contribution is 0.174. The van der Waals surface area contributed by atoms with E-state index in [2.05, 4.69) is 48.7 Å². The molecular formula is C20H19NO2S2. The average Bonchev–Trinajstić information content (AvgIpc) is 3.29. The zero-order valence-corrected chi connectivity index (χ0v) is 15.7. The Bertz CT molecular complexity index is 876. The Labute approximate surface area is 156 Å². The number of nitrogens with zero attached hydrogens (tertiary/aromatic N) is 1. The number of rotatable bonds is 6. The van der Waals surface area contributed by atoms with Gasteiger partial charge in [0.2, 0.25) is 6.79 Å². The summed E-state index contributed by atoms with van der Waals surface area (Å²) in [6.07, 6.45) is 1.90. The van der Waals surface area contributed by atoms with Gasteiger partial charge in [-0.25, -0.2) is 4.98 Å². The van der Waals surface area contributed by atoms with E-state index in [9.17, 15) is 0 Å². The predicted octanol–water partition coefficient (Wildman–Crippen LogP) is 5.32. The van der Waals surface area contributed by atoms with Crippen molar-refractivity contribution in [1.82, 2.24) is 4.98 Å². The molecule has 1 aliphatic heterocycles. The second-order valence-corrected chi connectivity index (χ2v) is 7.81. The summed E-state index contributed by atoms with van der Waals surface area (Å²) in [4.78, 5) is 6.15. The van der Waals surface area contributed by atoms with Gasteiger partial charge in [0.25, 0.3) is 0 Å². The third-order valence-corrected chi connectivity index (χ3v) is 6.17. The van der Waals surface area contributed by atoms with Gasteiger partial charge in [0.15, 0.2) is 11.5 Å². The minimum atomic E-state index is 0.316. The Kier molecular flexibility index (Phi) is 4.95. The van der Waals surface area contributed by atoms with Crippen LogP contribution in [0.2, 0.25) is 0 Å². The van der Waals surface area contributed by atoms with Crippen molar-refractivity contribution in [3.63, 3.8) is 0 Å². The van der Waals surface area contributed by atoms with Crippen LogP contribution in [0.4, 0.5) is 0 Å². The van der Waals surface area contributed by atoms with Crippen LogP contribution in [0.5, 0.6) is 11.5 Å². The number of fused-ring (bicyclic) bond motifs is 1. The summed E-state index contributed by atoms with van der Waals surface area (Å²) in [7, 11) is 0. The zero-order chi connectivity index (χ0) is 17.1. The lowest BCUT2D eigenvalue weighted by atomic mass is 10.1. The first-order chi connectivity index (χ1) is 12.3. The van der Waals surface area contributed by atoms with Gasteiger partial charge in [0, 0.05) is 22.4 Å². The fourth-order valence-electron chi connectivity index (χ4n) is 2.81. The molecule has 1 aliphatic rings. The summed E-state index contributed by atoms with van der Waals surface area (Å²) in [6, 6.07) is 14.7. The van der Waals surface area contributed by atoms with Crippen LogP contribution in [0.3, 0.4) is 0 Å². The molecule has 128 valence electrons. The van der Waals surface area contributed by atoms with Gasteiger partial charge in [0.05, 0.1) is 10.7 Å². The Morgan fingerprint density at radius 2 is 2.00 bits per heavy atom. The molecule has 0 bridgehead atoms. The highest BCUT2D eigenvalue weighted by atomic mass is 32.2. The van der Waals surface area contributed by atoms with E-state index < -0.39 is 0 Å². The standard InChI is InChI=1S/C20H19NO2S2/c1-2-15-5-3-4-6-19(15)24-11-16-12-25-20(21-16)10-14-7-8-17-18(9-14)23-13-22-17/h3-9,12H,2,10-11,13H2,1H3. The molecule has 0 unspecified atom stereocenters. The molecule has 0 spiro atoms. The summed E-state index contributed by atoms with van der Waals surface area (Å²) < 4.78 is 10.8. The summed E-state index contributed by atoms with van der Waals surface area (Å²) in [5.74, 6) is 2.57. The quantitative estimate of drug-likeness (QED) is 0.551. The fraction of sp³-hybridized carbons (Fsp3) is 0.250. The molecule has 1 aromatic heterocycles. The highest BCUT2D eigenvalue weighted by molar-refractivity contribution is 7.98. The van der Waals surface area contributed by atoms with Crippen molar-refractivity contribution in [2.75, 3.05) is 6.79 Å². The number of hydrogen-bond donors (Lipinski definition) is 0. The predicted molar refractivity (Wildman–Crippen MR) is 103 cm³/mol. The van der Waals surface area contributed by atoms with Crippen molar-refractivity contribution in [2.24, 2.45) is 0 Å². The van der Waals surface area contributed by atoms with Gasteiger partial charge in [-0.1, -0.05) is 31.2 Å². The molecular weight excluding hydrogens is 350 g/mol. The Morgan fingerprint density at radius 3 is 2.92 bits per heavy atom. The largest absolute Gasteiger partial charge is 0.454 e. The Balaban J connectivity index is 1.40. The molecule has 3 aromatic rings. The molecule has 0 N–H and O–H groups in total. The van der Waals surface area contributed by atoms with E-state index in [1.54, 1.807) is 11.3 Å². The summed E-state index contributed by atoms with van der Waals surface area (Å²) >= 11 is 3.59. The molecule has 4 rings (SSSR count).